The molecule has 3 heterocycles. The second kappa shape index (κ2) is 10.4. The first kappa shape index (κ1) is 27.4. The molecular weight excluding hydrogens is 562 g/mol. The van der Waals surface area contributed by atoms with E-state index in [4.69, 9.17) is 11.6 Å². The molecule has 0 saturated carbocycles. The van der Waals surface area contributed by atoms with Crippen LogP contribution in [0.25, 0.3) is 17.2 Å². The Balaban J connectivity index is 1.68. The molecule has 0 fully saturated rings. The van der Waals surface area contributed by atoms with Crippen LogP contribution in [0.4, 0.5) is 14.5 Å². The Labute approximate surface area is 233 Å². The third-order valence-electron chi connectivity index (χ3n) is 6.39. The molecule has 0 aliphatic carbocycles. The zero-order valence-electron chi connectivity index (χ0n) is 21.0. The van der Waals surface area contributed by atoms with Crippen LogP contribution < -0.4 is 5.32 Å². The van der Waals surface area contributed by atoms with Gasteiger partial charge in [0.2, 0.25) is 0 Å². The molecule has 2 aromatic carbocycles. The van der Waals surface area contributed by atoms with E-state index in [9.17, 15) is 27.2 Å². The number of nitrogens with zero attached hydrogens (tertiary/aromatic N) is 3. The number of amides is 1. The van der Waals surface area contributed by atoms with Crippen LogP contribution in [-0.4, -0.2) is 35.6 Å². The molecule has 12 heteroatoms. The largest absolute Gasteiger partial charge is 0.758 e. The molecule has 1 N–H and O–H groups in total. The Hall–Kier alpha value is -4.19. The van der Waals surface area contributed by atoms with E-state index in [1.807, 2.05) is 0 Å². The van der Waals surface area contributed by atoms with E-state index in [1.54, 1.807) is 25.1 Å². The molecule has 0 bridgehead atoms. The van der Waals surface area contributed by atoms with Gasteiger partial charge in [-0.25, -0.2) is 27.2 Å². The lowest BCUT2D eigenvalue weighted by Crippen LogP contribution is -2.26. The lowest BCUT2D eigenvalue weighted by atomic mass is 9.89. The number of rotatable bonds is 5. The van der Waals surface area contributed by atoms with Gasteiger partial charge >= 0.3 is 0 Å². The summed E-state index contributed by atoms with van der Waals surface area (Å²) in [5.41, 5.74) is 1.83. The Bertz CT molecular complexity index is 1780. The Morgan fingerprint density at radius 3 is 2.45 bits per heavy atom. The van der Waals surface area contributed by atoms with E-state index in [0.717, 1.165) is 30.7 Å². The summed E-state index contributed by atoms with van der Waals surface area (Å²) >= 11 is 5.80. The van der Waals surface area contributed by atoms with Crippen molar-refractivity contribution >= 4 is 39.1 Å². The maximum absolute atomic E-state index is 14.8. The lowest BCUT2D eigenvalue weighted by molar-refractivity contribution is 0.102. The molecule has 4 aromatic rings. The van der Waals surface area contributed by atoms with Crippen molar-refractivity contribution in [3.8, 4) is 11.1 Å². The fraction of sp³-hybridized carbons (Fsp3) is 0.107. The van der Waals surface area contributed by atoms with Crippen LogP contribution in [-0.2, 0) is 9.84 Å². The number of hydrogen-bond donors (Lipinski definition) is 1. The van der Waals surface area contributed by atoms with Crippen molar-refractivity contribution in [3.63, 3.8) is 0 Å². The molecule has 8 nitrogen and oxygen atoms in total. The highest BCUT2D eigenvalue weighted by molar-refractivity contribution is 7.90. The van der Waals surface area contributed by atoms with E-state index in [2.05, 4.69) is 15.3 Å². The van der Waals surface area contributed by atoms with Crippen LogP contribution in [0, 0.1) is 23.8 Å². The number of fused-ring (bicyclic) bond motifs is 1. The van der Waals surface area contributed by atoms with Gasteiger partial charge in [0.1, 0.15) is 16.8 Å². The molecule has 40 heavy (non-hydrogen) atoms. The lowest BCUT2D eigenvalue weighted by Gasteiger charge is -2.40. The average Bonchev–Trinajstić information content (AvgIpc) is 2.90. The summed E-state index contributed by atoms with van der Waals surface area (Å²) in [5.74, 6) is -2.40. The predicted molar refractivity (Wildman–Crippen MR) is 147 cm³/mol. The first-order valence-electron chi connectivity index (χ1n) is 11.8. The molecule has 2 aromatic heterocycles. The van der Waals surface area contributed by atoms with Crippen molar-refractivity contribution in [2.24, 2.45) is 0 Å². The van der Waals surface area contributed by atoms with Gasteiger partial charge in [0, 0.05) is 23.7 Å². The molecule has 204 valence electrons. The highest BCUT2D eigenvalue weighted by atomic mass is 35.5. The van der Waals surface area contributed by atoms with Crippen molar-refractivity contribution in [1.29, 1.82) is 0 Å². The van der Waals surface area contributed by atoms with Crippen molar-refractivity contribution in [1.82, 2.24) is 15.0 Å². The van der Waals surface area contributed by atoms with Gasteiger partial charge < -0.3 is 15.6 Å². The summed E-state index contributed by atoms with van der Waals surface area (Å²) in [6.07, 6.45) is 4.79. The highest BCUT2D eigenvalue weighted by Gasteiger charge is 2.31. The molecule has 0 radical (unpaired) electrons. The summed E-state index contributed by atoms with van der Waals surface area (Å²) in [6, 6.07) is 11.0. The van der Waals surface area contributed by atoms with E-state index in [-0.39, 0.29) is 21.4 Å². The number of benzene rings is 2. The molecule has 1 unspecified atom stereocenters. The number of aromatic nitrogens is 2. The summed E-state index contributed by atoms with van der Waals surface area (Å²) in [4.78, 5) is 20.9. The molecule has 5 rings (SSSR count). The monoisotopic (exact) mass is 581 g/mol. The molecule has 1 aliphatic heterocycles. The molecule has 1 aliphatic rings. The SMILES string of the molecule is Cc1ccc(NC(=O)c2ccc(Cl)nc2)cc1-c1cc(S(C)(=O)=O)nc2c1C=CN([O-])C2c1c(F)cccc1F. The molecule has 0 spiro atoms. The minimum Gasteiger partial charge on any atom is -0.758 e. The van der Waals surface area contributed by atoms with E-state index >= 15 is 0 Å². The maximum atomic E-state index is 14.8. The number of sulfone groups is 1. The zero-order valence-corrected chi connectivity index (χ0v) is 22.6. The standard InChI is InChI=1S/C28H20ClF2N4O4S/c1-15-6-8-17(33-28(36)16-7-9-23(29)32-14-16)12-19(15)20-13-24(40(2,38)39)34-26-18(20)10-11-35(37)27(26)25-21(30)4-3-5-22(25)31/h3-14,27H,1-2H3,(H,33,36)/q-1. The normalized spacial score (nSPS) is 14.7. The van der Waals surface area contributed by atoms with Gasteiger partial charge in [-0.05, 0) is 78.4 Å². The van der Waals surface area contributed by atoms with Crippen LogP contribution in [0.15, 0.2) is 72.0 Å². The number of carbonyl (C=O) groups is 1. The van der Waals surface area contributed by atoms with E-state index < -0.39 is 39.0 Å². The topological polar surface area (TPSA) is 115 Å². The maximum Gasteiger partial charge on any atom is 0.257 e. The number of anilines is 1. The second-order valence-corrected chi connectivity index (χ2v) is 11.5. The minimum atomic E-state index is -3.92. The number of aryl methyl sites for hydroxylation is 1. The van der Waals surface area contributed by atoms with Gasteiger partial charge in [-0.1, -0.05) is 23.7 Å². The number of nitrogens with one attached hydrogen (secondary N) is 1. The Morgan fingerprint density at radius 1 is 1.07 bits per heavy atom. The van der Waals surface area contributed by atoms with Gasteiger partial charge in [-0.2, -0.15) is 0 Å². The fourth-order valence-electron chi connectivity index (χ4n) is 4.44. The number of halogens is 3. The molecular formula is C28H20ClF2N4O4S-. The summed E-state index contributed by atoms with van der Waals surface area (Å²) in [6.45, 7) is 1.78. The van der Waals surface area contributed by atoms with Crippen LogP contribution in [0.5, 0.6) is 0 Å². The third kappa shape index (κ3) is 5.18. The van der Waals surface area contributed by atoms with Crippen LogP contribution in [0.3, 0.4) is 0 Å². The Morgan fingerprint density at radius 2 is 1.80 bits per heavy atom. The summed E-state index contributed by atoms with van der Waals surface area (Å²) < 4.78 is 55.0. The van der Waals surface area contributed by atoms with Crippen LogP contribution in [0.1, 0.15) is 38.8 Å². The Kier molecular flexibility index (Phi) is 7.13. The summed E-state index contributed by atoms with van der Waals surface area (Å²) in [7, 11) is -3.92. The predicted octanol–water partition coefficient (Wildman–Crippen LogP) is 5.91. The first-order valence-corrected chi connectivity index (χ1v) is 14.1. The number of hydroxylamine groups is 2. The fourth-order valence-corrected chi connectivity index (χ4v) is 5.15. The molecule has 0 saturated heterocycles. The minimum absolute atomic E-state index is 0.125. The van der Waals surface area contributed by atoms with Gasteiger partial charge in [0.25, 0.3) is 5.91 Å². The highest BCUT2D eigenvalue weighted by Crippen LogP contribution is 2.42. The van der Waals surface area contributed by atoms with Crippen molar-refractivity contribution < 1.29 is 22.0 Å². The number of pyridine rings is 2. The number of carbonyl (C=O) groups excluding carboxylic acids is 1. The molecule has 1 atom stereocenters. The number of hydrogen-bond acceptors (Lipinski definition) is 7. The smallest absolute Gasteiger partial charge is 0.257 e. The van der Waals surface area contributed by atoms with Crippen molar-refractivity contribution in [2.45, 2.75) is 18.0 Å². The summed E-state index contributed by atoms with van der Waals surface area (Å²) in [5, 5.41) is 15.9. The van der Waals surface area contributed by atoms with E-state index in [1.165, 1.54) is 30.5 Å². The molecule has 1 amide bonds. The van der Waals surface area contributed by atoms with E-state index in [0.29, 0.717) is 33.0 Å². The zero-order chi connectivity index (χ0) is 28.8. The van der Waals surface area contributed by atoms with Crippen molar-refractivity contribution in [3.05, 3.63) is 117 Å². The second-order valence-electron chi connectivity index (χ2n) is 9.15. The van der Waals surface area contributed by atoms with Crippen LogP contribution in [0.2, 0.25) is 5.15 Å². The first-order chi connectivity index (χ1) is 18.9. The quantitative estimate of drug-likeness (QED) is 0.291. The van der Waals surface area contributed by atoms with Gasteiger partial charge in [0.15, 0.2) is 14.9 Å². The van der Waals surface area contributed by atoms with Crippen molar-refractivity contribution in [2.75, 3.05) is 11.6 Å². The average molecular weight is 582 g/mol. The van der Waals surface area contributed by atoms with Gasteiger partial charge in [0.05, 0.1) is 22.9 Å². The van der Waals surface area contributed by atoms with Gasteiger partial charge in [-0.15, -0.1) is 0 Å². The van der Waals surface area contributed by atoms with Gasteiger partial charge in [-0.3, -0.25) is 4.79 Å². The van der Waals surface area contributed by atoms with Crippen LogP contribution >= 0.6 is 11.6 Å². The third-order valence-corrected chi connectivity index (χ3v) is 7.59.